The van der Waals surface area contributed by atoms with Crippen molar-refractivity contribution in [2.45, 2.75) is 6.42 Å². The lowest BCUT2D eigenvalue weighted by Crippen LogP contribution is -2.19. The SMILES string of the molecule is COc1ccc(CC(=O)N/N=C/c2ccc(O)c(O)c2)cc1OC. The largest absolute Gasteiger partial charge is 0.504 e. The molecule has 2 aromatic carbocycles. The van der Waals surface area contributed by atoms with E-state index in [1.165, 1.54) is 25.5 Å². The van der Waals surface area contributed by atoms with Crippen molar-refractivity contribution in [1.29, 1.82) is 0 Å². The first-order chi connectivity index (χ1) is 11.5. The van der Waals surface area contributed by atoms with Crippen molar-refractivity contribution >= 4 is 12.1 Å². The lowest BCUT2D eigenvalue weighted by Gasteiger charge is -2.09. The first kappa shape index (κ1) is 17.1. The molecule has 0 atom stereocenters. The van der Waals surface area contributed by atoms with Crippen LogP contribution in [0.1, 0.15) is 11.1 Å². The normalized spacial score (nSPS) is 10.6. The highest BCUT2D eigenvalue weighted by atomic mass is 16.5. The Morgan fingerprint density at radius 3 is 2.50 bits per heavy atom. The topological polar surface area (TPSA) is 100 Å². The summed E-state index contributed by atoms with van der Waals surface area (Å²) in [6, 6.07) is 9.44. The number of phenolic OH excluding ortho intramolecular Hbond substituents is 2. The van der Waals surface area contributed by atoms with Crippen molar-refractivity contribution in [2.75, 3.05) is 14.2 Å². The molecule has 7 nitrogen and oxygen atoms in total. The molecule has 0 fully saturated rings. The highest BCUT2D eigenvalue weighted by molar-refractivity contribution is 5.84. The Morgan fingerprint density at radius 2 is 1.83 bits per heavy atom. The van der Waals surface area contributed by atoms with Gasteiger partial charge in [0.2, 0.25) is 5.91 Å². The molecule has 3 N–H and O–H groups in total. The Morgan fingerprint density at radius 1 is 1.08 bits per heavy atom. The van der Waals surface area contributed by atoms with Crippen LogP contribution in [-0.2, 0) is 11.2 Å². The first-order valence-electron chi connectivity index (χ1n) is 7.08. The summed E-state index contributed by atoms with van der Waals surface area (Å²) >= 11 is 0. The van der Waals surface area contributed by atoms with Crippen molar-refractivity contribution in [3.8, 4) is 23.0 Å². The summed E-state index contributed by atoms with van der Waals surface area (Å²) in [5.41, 5.74) is 3.69. The number of amides is 1. The molecule has 0 aromatic heterocycles. The fourth-order valence-corrected chi connectivity index (χ4v) is 2.02. The summed E-state index contributed by atoms with van der Waals surface area (Å²) in [5, 5.41) is 22.4. The maximum Gasteiger partial charge on any atom is 0.244 e. The molecule has 7 heteroatoms. The molecule has 0 radical (unpaired) electrons. The van der Waals surface area contributed by atoms with Crippen LogP contribution in [0.3, 0.4) is 0 Å². The summed E-state index contributed by atoms with van der Waals surface area (Å²) in [5.74, 6) is 0.361. The molecule has 0 aliphatic heterocycles. The number of benzene rings is 2. The van der Waals surface area contributed by atoms with Gasteiger partial charge in [-0.3, -0.25) is 4.79 Å². The van der Waals surface area contributed by atoms with E-state index in [4.69, 9.17) is 9.47 Å². The molecule has 24 heavy (non-hydrogen) atoms. The second kappa shape index (κ2) is 7.87. The van der Waals surface area contributed by atoms with Crippen LogP contribution in [0.15, 0.2) is 41.5 Å². The maximum absolute atomic E-state index is 11.9. The molecule has 0 heterocycles. The summed E-state index contributed by atoms with van der Waals surface area (Å²) in [6.45, 7) is 0. The molecule has 0 saturated carbocycles. The number of hydrogen-bond acceptors (Lipinski definition) is 6. The predicted octanol–water partition coefficient (Wildman–Crippen LogP) is 1.81. The van der Waals surface area contributed by atoms with E-state index in [1.807, 2.05) is 0 Å². The molecule has 0 unspecified atom stereocenters. The molecular formula is C17H18N2O5. The zero-order valence-electron chi connectivity index (χ0n) is 13.3. The van der Waals surface area contributed by atoms with Crippen LogP contribution in [0.2, 0.25) is 0 Å². The van der Waals surface area contributed by atoms with Gasteiger partial charge in [-0.15, -0.1) is 0 Å². The number of hydrazone groups is 1. The highest BCUT2D eigenvalue weighted by Gasteiger charge is 2.08. The van der Waals surface area contributed by atoms with E-state index in [1.54, 1.807) is 31.4 Å². The number of phenols is 2. The minimum atomic E-state index is -0.304. The van der Waals surface area contributed by atoms with Crippen LogP contribution in [0.25, 0.3) is 0 Å². The quantitative estimate of drug-likeness (QED) is 0.426. The zero-order chi connectivity index (χ0) is 17.5. The van der Waals surface area contributed by atoms with Gasteiger partial charge in [0.25, 0.3) is 0 Å². The Kier molecular flexibility index (Phi) is 5.62. The molecular weight excluding hydrogens is 312 g/mol. The van der Waals surface area contributed by atoms with E-state index in [2.05, 4.69) is 10.5 Å². The molecule has 1 amide bonds. The van der Waals surface area contributed by atoms with Crippen molar-refractivity contribution in [3.05, 3.63) is 47.5 Å². The number of carbonyl (C=O) groups is 1. The molecule has 2 rings (SSSR count). The Labute approximate surface area is 139 Å². The van der Waals surface area contributed by atoms with Gasteiger partial charge in [0, 0.05) is 0 Å². The number of hydrogen-bond donors (Lipinski definition) is 3. The third-order valence-corrected chi connectivity index (χ3v) is 3.21. The molecule has 0 aliphatic carbocycles. The second-order valence-corrected chi connectivity index (χ2v) is 4.91. The van der Waals surface area contributed by atoms with Gasteiger partial charge in [-0.05, 0) is 41.5 Å². The smallest absolute Gasteiger partial charge is 0.244 e. The third-order valence-electron chi connectivity index (χ3n) is 3.21. The molecule has 2 aromatic rings. The van der Waals surface area contributed by atoms with E-state index in [0.29, 0.717) is 17.1 Å². The number of methoxy groups -OCH3 is 2. The standard InChI is InChI=1S/C17H18N2O5/c1-23-15-6-4-11(8-16(15)24-2)9-17(22)19-18-10-12-3-5-13(20)14(21)7-12/h3-8,10,20-21H,9H2,1-2H3,(H,19,22)/b18-10+. The molecule has 0 aliphatic rings. The molecule has 126 valence electrons. The summed E-state index contributed by atoms with van der Waals surface area (Å²) in [7, 11) is 3.07. The zero-order valence-corrected chi connectivity index (χ0v) is 13.3. The number of nitrogens with one attached hydrogen (secondary N) is 1. The number of nitrogens with zero attached hydrogens (tertiary/aromatic N) is 1. The van der Waals surface area contributed by atoms with Crippen molar-refractivity contribution in [3.63, 3.8) is 0 Å². The van der Waals surface area contributed by atoms with Crippen LogP contribution in [0, 0.1) is 0 Å². The monoisotopic (exact) mass is 330 g/mol. The summed E-state index contributed by atoms with van der Waals surface area (Å²) < 4.78 is 10.3. The van der Waals surface area contributed by atoms with E-state index in [9.17, 15) is 15.0 Å². The van der Waals surface area contributed by atoms with Gasteiger partial charge in [-0.1, -0.05) is 6.07 Å². The van der Waals surface area contributed by atoms with Crippen LogP contribution in [0.4, 0.5) is 0 Å². The number of rotatable bonds is 6. The van der Waals surface area contributed by atoms with Crippen molar-refractivity contribution in [1.82, 2.24) is 5.43 Å². The lowest BCUT2D eigenvalue weighted by molar-refractivity contribution is -0.120. The average molecular weight is 330 g/mol. The molecule has 0 bridgehead atoms. The van der Waals surface area contributed by atoms with Gasteiger partial charge >= 0.3 is 0 Å². The van der Waals surface area contributed by atoms with E-state index >= 15 is 0 Å². The minimum Gasteiger partial charge on any atom is -0.504 e. The first-order valence-corrected chi connectivity index (χ1v) is 7.08. The average Bonchev–Trinajstić information content (AvgIpc) is 2.58. The minimum absolute atomic E-state index is 0.124. The van der Waals surface area contributed by atoms with Gasteiger partial charge < -0.3 is 19.7 Å². The van der Waals surface area contributed by atoms with E-state index in [-0.39, 0.29) is 23.8 Å². The van der Waals surface area contributed by atoms with Crippen molar-refractivity contribution < 1.29 is 24.5 Å². The van der Waals surface area contributed by atoms with Crippen LogP contribution < -0.4 is 14.9 Å². The predicted molar refractivity (Wildman–Crippen MR) is 88.8 cm³/mol. The second-order valence-electron chi connectivity index (χ2n) is 4.91. The lowest BCUT2D eigenvalue weighted by atomic mass is 10.1. The molecule has 0 saturated heterocycles. The number of carbonyl (C=O) groups excluding carboxylic acids is 1. The van der Waals surface area contributed by atoms with Gasteiger partial charge in [0.05, 0.1) is 26.9 Å². The number of aromatic hydroxyl groups is 2. The van der Waals surface area contributed by atoms with Gasteiger partial charge in [-0.2, -0.15) is 5.10 Å². The van der Waals surface area contributed by atoms with Crippen molar-refractivity contribution in [2.24, 2.45) is 5.10 Å². The van der Waals surface area contributed by atoms with Crippen LogP contribution in [0.5, 0.6) is 23.0 Å². The Bertz CT molecular complexity index is 759. The van der Waals surface area contributed by atoms with E-state index < -0.39 is 0 Å². The molecule has 0 spiro atoms. The fourth-order valence-electron chi connectivity index (χ4n) is 2.02. The van der Waals surface area contributed by atoms with Gasteiger partial charge in [-0.25, -0.2) is 5.43 Å². The van der Waals surface area contributed by atoms with Crippen LogP contribution in [-0.4, -0.2) is 36.6 Å². The van der Waals surface area contributed by atoms with E-state index in [0.717, 1.165) is 5.56 Å². The summed E-state index contributed by atoms with van der Waals surface area (Å²) in [6.07, 6.45) is 1.49. The Balaban J connectivity index is 1.95. The fraction of sp³-hybridized carbons (Fsp3) is 0.176. The number of ether oxygens (including phenoxy) is 2. The van der Waals surface area contributed by atoms with Crippen LogP contribution >= 0.6 is 0 Å². The maximum atomic E-state index is 11.9. The Hall–Kier alpha value is -3.22. The van der Waals surface area contributed by atoms with Gasteiger partial charge in [0.1, 0.15) is 0 Å². The van der Waals surface area contributed by atoms with Gasteiger partial charge in [0.15, 0.2) is 23.0 Å². The third kappa shape index (κ3) is 4.39. The summed E-state index contributed by atoms with van der Waals surface area (Å²) in [4.78, 5) is 11.9. The highest BCUT2D eigenvalue weighted by Crippen LogP contribution is 2.27.